The van der Waals surface area contributed by atoms with Crippen LogP contribution in [0.5, 0.6) is 0 Å². The fourth-order valence-corrected chi connectivity index (χ4v) is 6.24. The fraction of sp³-hybridized carbons (Fsp3) is 0.609. The highest BCUT2D eigenvalue weighted by atomic mass is 32.2. The molecule has 0 unspecified atom stereocenters. The van der Waals surface area contributed by atoms with Gasteiger partial charge in [0.1, 0.15) is 0 Å². The molecule has 1 aliphatic carbocycles. The number of hydrogen-bond donors (Lipinski definition) is 2. The van der Waals surface area contributed by atoms with E-state index < -0.39 is 10.0 Å². The van der Waals surface area contributed by atoms with Gasteiger partial charge in [-0.2, -0.15) is 0 Å². The van der Waals surface area contributed by atoms with Crippen LogP contribution in [0.2, 0.25) is 0 Å². The van der Waals surface area contributed by atoms with E-state index in [9.17, 15) is 13.2 Å². The summed E-state index contributed by atoms with van der Waals surface area (Å²) in [6, 6.07) is 3.54. The van der Waals surface area contributed by atoms with Gasteiger partial charge in [-0.25, -0.2) is 13.1 Å². The van der Waals surface area contributed by atoms with Gasteiger partial charge in [0.2, 0.25) is 10.0 Å². The summed E-state index contributed by atoms with van der Waals surface area (Å²) in [4.78, 5) is 18.7. The lowest BCUT2D eigenvalue weighted by molar-refractivity contribution is 0.0913. The van der Waals surface area contributed by atoms with Crippen molar-refractivity contribution in [2.24, 2.45) is 5.41 Å². The molecular weight excluding hydrogens is 398 g/mol. The molecule has 0 radical (unpaired) electrons. The number of carbonyl (C=O) groups excluding carboxylic acids is 1. The molecule has 2 aromatic rings. The second-order valence-electron chi connectivity index (χ2n) is 9.74. The van der Waals surface area contributed by atoms with Crippen LogP contribution < -0.4 is 4.72 Å². The van der Waals surface area contributed by atoms with Crippen LogP contribution in [0.4, 0.5) is 0 Å². The molecule has 0 saturated carbocycles. The quantitative estimate of drug-likeness (QED) is 0.755. The molecule has 1 aromatic carbocycles. The van der Waals surface area contributed by atoms with Crippen molar-refractivity contribution in [3.8, 4) is 0 Å². The Kier molecular flexibility index (Phi) is 5.81. The number of H-pyrrole nitrogens is 1. The monoisotopic (exact) mass is 431 g/mol. The Morgan fingerprint density at radius 3 is 2.50 bits per heavy atom. The van der Waals surface area contributed by atoms with Gasteiger partial charge in [-0.3, -0.25) is 4.79 Å². The second kappa shape index (κ2) is 8.09. The lowest BCUT2D eigenvalue weighted by Gasteiger charge is -2.28. The largest absolute Gasteiger partial charge is 0.358 e. The van der Waals surface area contributed by atoms with Crippen LogP contribution in [0.15, 0.2) is 17.0 Å². The first-order valence-electron chi connectivity index (χ1n) is 11.1. The van der Waals surface area contributed by atoms with Crippen molar-refractivity contribution in [3.05, 3.63) is 29.0 Å². The molecule has 1 fully saturated rings. The van der Waals surface area contributed by atoms with Gasteiger partial charge in [-0.05, 0) is 62.4 Å². The van der Waals surface area contributed by atoms with Crippen LogP contribution in [0.25, 0.3) is 10.9 Å². The van der Waals surface area contributed by atoms with Crippen molar-refractivity contribution < 1.29 is 13.2 Å². The zero-order valence-corrected chi connectivity index (χ0v) is 19.1. The molecule has 0 bridgehead atoms. The van der Waals surface area contributed by atoms with E-state index in [1.54, 1.807) is 13.0 Å². The summed E-state index contributed by atoms with van der Waals surface area (Å²) in [7, 11) is -3.61. The lowest BCUT2D eigenvalue weighted by Crippen LogP contribution is -2.35. The molecule has 2 heterocycles. The minimum Gasteiger partial charge on any atom is -0.358 e. The molecule has 1 aromatic heterocycles. The summed E-state index contributed by atoms with van der Waals surface area (Å²) in [5.41, 5.74) is 2.98. The lowest BCUT2D eigenvalue weighted by atomic mass is 9.76. The third kappa shape index (κ3) is 4.34. The van der Waals surface area contributed by atoms with E-state index in [1.165, 1.54) is 25.7 Å². The third-order valence-electron chi connectivity index (χ3n) is 6.45. The molecule has 1 aliphatic heterocycles. The molecule has 0 atom stereocenters. The highest BCUT2D eigenvalue weighted by Gasteiger charge is 2.34. The number of sulfonamides is 1. The standard InChI is InChI=1S/C23H33N3O3S/c1-16-12-17-18(25-19-14-23(2,3)15-20(27)22(17)19)13-21(16)30(28,29)24-8-11-26-9-6-4-5-7-10-26/h12-13,24-25H,4-11,14-15H2,1-3H3. The number of nitrogens with zero attached hydrogens (tertiary/aromatic N) is 1. The van der Waals surface area contributed by atoms with E-state index >= 15 is 0 Å². The Hall–Kier alpha value is -1.70. The first-order chi connectivity index (χ1) is 14.2. The van der Waals surface area contributed by atoms with E-state index in [1.807, 2.05) is 6.07 Å². The summed E-state index contributed by atoms with van der Waals surface area (Å²) in [6.07, 6.45) is 6.22. The zero-order valence-electron chi connectivity index (χ0n) is 18.3. The molecule has 164 valence electrons. The second-order valence-corrected chi connectivity index (χ2v) is 11.5. The van der Waals surface area contributed by atoms with Crippen LogP contribution in [-0.4, -0.2) is 50.3 Å². The number of benzene rings is 1. The van der Waals surface area contributed by atoms with Gasteiger partial charge >= 0.3 is 0 Å². The van der Waals surface area contributed by atoms with Gasteiger partial charge in [0.15, 0.2) is 5.78 Å². The highest BCUT2D eigenvalue weighted by Crippen LogP contribution is 2.38. The molecule has 4 rings (SSSR count). The van der Waals surface area contributed by atoms with Crippen molar-refractivity contribution in [1.82, 2.24) is 14.6 Å². The Morgan fingerprint density at radius 1 is 1.10 bits per heavy atom. The maximum atomic E-state index is 13.0. The minimum atomic E-state index is -3.61. The summed E-state index contributed by atoms with van der Waals surface area (Å²) >= 11 is 0. The average molecular weight is 432 g/mol. The Bertz CT molecular complexity index is 1060. The van der Waals surface area contributed by atoms with Crippen LogP contribution in [-0.2, 0) is 16.4 Å². The molecular formula is C23H33N3O3S. The van der Waals surface area contributed by atoms with Crippen LogP contribution in [0.3, 0.4) is 0 Å². The first-order valence-corrected chi connectivity index (χ1v) is 12.6. The van der Waals surface area contributed by atoms with Crippen LogP contribution in [0, 0.1) is 12.3 Å². The van der Waals surface area contributed by atoms with E-state index in [0.717, 1.165) is 48.2 Å². The molecule has 0 spiro atoms. The van der Waals surface area contributed by atoms with Crippen LogP contribution in [0.1, 0.15) is 67.6 Å². The minimum absolute atomic E-state index is 0.0796. The third-order valence-corrected chi connectivity index (χ3v) is 8.06. The number of hydrogen-bond acceptors (Lipinski definition) is 4. The number of aryl methyl sites for hydroxylation is 1. The van der Waals surface area contributed by atoms with Crippen molar-refractivity contribution in [2.45, 2.75) is 64.2 Å². The Labute approximate surface area is 179 Å². The van der Waals surface area contributed by atoms with Gasteiger partial charge < -0.3 is 9.88 Å². The predicted molar refractivity (Wildman–Crippen MR) is 120 cm³/mol. The SMILES string of the molecule is Cc1cc2c3c([nH]c2cc1S(=O)(=O)NCCN1CCCCCC1)CC(C)(C)CC3=O. The molecule has 7 heteroatoms. The van der Waals surface area contributed by atoms with Crippen molar-refractivity contribution in [2.75, 3.05) is 26.2 Å². The summed E-state index contributed by atoms with van der Waals surface area (Å²) < 4.78 is 28.8. The number of aromatic amines is 1. The predicted octanol–water partition coefficient (Wildman–Crippen LogP) is 3.79. The molecule has 1 saturated heterocycles. The number of nitrogens with one attached hydrogen (secondary N) is 2. The van der Waals surface area contributed by atoms with Gasteiger partial charge in [-0.1, -0.05) is 26.7 Å². The van der Waals surface area contributed by atoms with E-state index in [2.05, 4.69) is 28.5 Å². The van der Waals surface area contributed by atoms with E-state index in [-0.39, 0.29) is 16.1 Å². The number of rotatable bonds is 5. The Morgan fingerprint density at radius 2 is 1.80 bits per heavy atom. The number of aromatic nitrogens is 1. The molecule has 30 heavy (non-hydrogen) atoms. The summed E-state index contributed by atoms with van der Waals surface area (Å²) in [5, 5.41) is 0.839. The summed E-state index contributed by atoms with van der Waals surface area (Å²) in [5.74, 6) is 0.137. The number of fused-ring (bicyclic) bond motifs is 3. The van der Waals surface area contributed by atoms with E-state index in [4.69, 9.17) is 0 Å². The highest BCUT2D eigenvalue weighted by molar-refractivity contribution is 7.89. The molecule has 2 aliphatic rings. The maximum absolute atomic E-state index is 13.0. The van der Waals surface area contributed by atoms with Crippen LogP contribution >= 0.6 is 0 Å². The van der Waals surface area contributed by atoms with Crippen molar-refractivity contribution in [3.63, 3.8) is 0 Å². The molecule has 2 N–H and O–H groups in total. The van der Waals surface area contributed by atoms with Gasteiger partial charge in [0.25, 0.3) is 0 Å². The normalized spacial score (nSPS) is 20.3. The number of Topliss-reactive ketones (excluding diaryl/α,β-unsaturated/α-hetero) is 1. The van der Waals surface area contributed by atoms with Gasteiger partial charge in [-0.15, -0.1) is 0 Å². The fourth-order valence-electron chi connectivity index (χ4n) is 4.97. The average Bonchev–Trinajstić information content (AvgIpc) is 2.81. The molecule has 6 nitrogen and oxygen atoms in total. The number of ketones is 1. The number of carbonyl (C=O) groups is 1. The van der Waals surface area contributed by atoms with Gasteiger partial charge in [0, 0.05) is 41.7 Å². The Balaban J connectivity index is 1.56. The van der Waals surface area contributed by atoms with E-state index in [0.29, 0.717) is 18.5 Å². The first kappa shape index (κ1) is 21.5. The number of likely N-dealkylation sites (tertiary alicyclic amines) is 1. The van der Waals surface area contributed by atoms with Crippen molar-refractivity contribution in [1.29, 1.82) is 0 Å². The smallest absolute Gasteiger partial charge is 0.240 e. The maximum Gasteiger partial charge on any atom is 0.240 e. The zero-order chi connectivity index (χ0) is 21.5. The molecule has 0 amide bonds. The van der Waals surface area contributed by atoms with Gasteiger partial charge in [0.05, 0.1) is 4.90 Å². The van der Waals surface area contributed by atoms with Crippen molar-refractivity contribution >= 4 is 26.7 Å². The topological polar surface area (TPSA) is 82.3 Å². The summed E-state index contributed by atoms with van der Waals surface area (Å²) in [6.45, 7) is 9.23.